The quantitative estimate of drug-likeness (QED) is 0.645. The molecule has 29 heavy (non-hydrogen) atoms. The Balaban J connectivity index is 1.71. The van der Waals surface area contributed by atoms with Gasteiger partial charge in [0.25, 0.3) is 0 Å². The first kappa shape index (κ1) is 20.8. The molecule has 0 amide bonds. The van der Waals surface area contributed by atoms with Gasteiger partial charge in [-0.2, -0.15) is 9.40 Å². The molecule has 158 valence electrons. The molecule has 4 rings (SSSR count). The molecule has 2 fully saturated rings. The minimum atomic E-state index is -3.52. The molecular weight excluding hydrogens is 404 g/mol. The zero-order chi connectivity index (χ0) is 20.8. The lowest BCUT2D eigenvalue weighted by atomic mass is 9.84. The van der Waals surface area contributed by atoms with Crippen molar-refractivity contribution in [2.75, 3.05) is 13.1 Å². The topological polar surface area (TPSA) is 71.0 Å². The lowest BCUT2D eigenvalue weighted by Crippen LogP contribution is -2.30. The van der Waals surface area contributed by atoms with Gasteiger partial charge in [-0.05, 0) is 68.3 Å². The summed E-state index contributed by atoms with van der Waals surface area (Å²) in [7, 11) is -3.52. The Hall–Kier alpha value is -1.51. The Morgan fingerprint density at radius 2 is 2.03 bits per heavy atom. The molecule has 1 aromatic carbocycles. The van der Waals surface area contributed by atoms with Crippen LogP contribution in [0.3, 0.4) is 0 Å². The summed E-state index contributed by atoms with van der Waals surface area (Å²) in [5.41, 5.74) is 0.778. The van der Waals surface area contributed by atoms with E-state index in [1.165, 1.54) is 30.0 Å². The molecule has 1 aromatic heterocycles. The Kier molecular flexibility index (Phi) is 5.70. The highest BCUT2D eigenvalue weighted by Crippen LogP contribution is 2.52. The van der Waals surface area contributed by atoms with Gasteiger partial charge < -0.3 is 0 Å². The van der Waals surface area contributed by atoms with Crippen molar-refractivity contribution in [1.29, 1.82) is 0 Å². The number of hydrogen-bond acceptors (Lipinski definition) is 4. The standard InChI is InChI=1S/C21H30N4O2S2/c1-4-24(5-2)29(26,27)18-8-6-7-17(13-18)20-22-23-21(28)25(20)14(3)19-12-15-9-10-16(19)11-15/h6-8,13-16,19H,4-5,9-12H2,1-3H3,(H,23,28)/t14-,15+,16-,19+/m1/s1. The molecule has 1 heterocycles. The number of rotatable bonds is 7. The van der Waals surface area contributed by atoms with E-state index in [9.17, 15) is 8.42 Å². The summed E-state index contributed by atoms with van der Waals surface area (Å²) in [6, 6.07) is 7.33. The van der Waals surface area contributed by atoms with Crippen LogP contribution in [-0.2, 0) is 10.0 Å². The fourth-order valence-corrected chi connectivity index (χ4v) is 7.27. The summed E-state index contributed by atoms with van der Waals surface area (Å²) in [5.74, 6) is 2.97. The van der Waals surface area contributed by atoms with E-state index in [2.05, 4.69) is 21.7 Å². The van der Waals surface area contributed by atoms with Crippen molar-refractivity contribution in [1.82, 2.24) is 19.1 Å². The number of nitrogens with one attached hydrogen (secondary N) is 1. The fraction of sp³-hybridized carbons (Fsp3) is 0.619. The maximum absolute atomic E-state index is 13.0. The first-order valence-corrected chi connectivity index (χ1v) is 12.5. The molecule has 2 aromatic rings. The Labute approximate surface area is 178 Å². The van der Waals surface area contributed by atoms with Gasteiger partial charge in [0.05, 0.1) is 4.90 Å². The van der Waals surface area contributed by atoms with E-state index in [1.807, 2.05) is 19.9 Å². The van der Waals surface area contributed by atoms with Crippen molar-refractivity contribution in [3.05, 3.63) is 29.0 Å². The molecule has 2 aliphatic rings. The van der Waals surface area contributed by atoms with Crippen molar-refractivity contribution in [3.8, 4) is 11.4 Å². The van der Waals surface area contributed by atoms with Crippen LogP contribution in [0.2, 0.25) is 0 Å². The molecule has 6 nitrogen and oxygen atoms in total. The highest BCUT2D eigenvalue weighted by Gasteiger charge is 2.43. The van der Waals surface area contributed by atoms with Crippen LogP contribution in [0.4, 0.5) is 0 Å². The zero-order valence-electron chi connectivity index (χ0n) is 17.3. The maximum atomic E-state index is 13.0. The van der Waals surface area contributed by atoms with E-state index < -0.39 is 10.0 Å². The van der Waals surface area contributed by atoms with Crippen LogP contribution >= 0.6 is 12.2 Å². The zero-order valence-corrected chi connectivity index (χ0v) is 19.0. The third-order valence-electron chi connectivity index (χ3n) is 6.96. The van der Waals surface area contributed by atoms with Crippen LogP contribution in [0.5, 0.6) is 0 Å². The fourth-order valence-electron chi connectivity index (χ4n) is 5.47. The lowest BCUT2D eigenvalue weighted by molar-refractivity contribution is 0.242. The molecule has 4 atom stereocenters. The Morgan fingerprint density at radius 1 is 1.28 bits per heavy atom. The minimum Gasteiger partial charge on any atom is -0.297 e. The monoisotopic (exact) mass is 434 g/mol. The minimum absolute atomic E-state index is 0.245. The van der Waals surface area contributed by atoms with Gasteiger partial charge >= 0.3 is 0 Å². The highest BCUT2D eigenvalue weighted by atomic mass is 32.2. The first-order valence-electron chi connectivity index (χ1n) is 10.6. The number of hydrogen-bond donors (Lipinski definition) is 1. The average Bonchev–Trinajstić information content (AvgIpc) is 3.44. The van der Waals surface area contributed by atoms with Gasteiger partial charge in [0.1, 0.15) is 0 Å². The predicted molar refractivity (Wildman–Crippen MR) is 117 cm³/mol. The van der Waals surface area contributed by atoms with Gasteiger partial charge in [0, 0.05) is 24.7 Å². The normalized spacial score (nSPS) is 25.0. The van der Waals surface area contributed by atoms with Crippen LogP contribution in [0.15, 0.2) is 29.2 Å². The molecular formula is C21H30N4O2S2. The molecule has 2 bridgehead atoms. The maximum Gasteiger partial charge on any atom is 0.243 e. The van der Waals surface area contributed by atoms with E-state index >= 15 is 0 Å². The number of benzene rings is 1. The summed E-state index contributed by atoms with van der Waals surface area (Å²) in [5, 5.41) is 7.43. The summed E-state index contributed by atoms with van der Waals surface area (Å²) < 4.78 is 30.1. The number of aromatic nitrogens is 3. The van der Waals surface area contributed by atoms with E-state index in [0.29, 0.717) is 28.7 Å². The molecule has 2 aliphatic carbocycles. The summed E-state index contributed by atoms with van der Waals surface area (Å²) in [6.45, 7) is 6.84. The van der Waals surface area contributed by atoms with E-state index in [4.69, 9.17) is 12.2 Å². The number of aromatic amines is 1. The number of H-pyrrole nitrogens is 1. The van der Waals surface area contributed by atoms with Gasteiger partial charge in [0.2, 0.25) is 10.0 Å². The predicted octanol–water partition coefficient (Wildman–Crippen LogP) is 4.64. The van der Waals surface area contributed by atoms with Crippen LogP contribution in [0.25, 0.3) is 11.4 Å². The third-order valence-corrected chi connectivity index (χ3v) is 9.29. The van der Waals surface area contributed by atoms with Crippen molar-refractivity contribution >= 4 is 22.2 Å². The first-order chi connectivity index (χ1) is 13.9. The van der Waals surface area contributed by atoms with Crippen molar-refractivity contribution < 1.29 is 8.42 Å². The van der Waals surface area contributed by atoms with Crippen molar-refractivity contribution in [2.45, 2.75) is 57.4 Å². The number of sulfonamides is 1. The van der Waals surface area contributed by atoms with Gasteiger partial charge in [-0.3, -0.25) is 9.67 Å². The smallest absolute Gasteiger partial charge is 0.243 e. The van der Waals surface area contributed by atoms with Gasteiger partial charge in [-0.25, -0.2) is 8.42 Å². The number of fused-ring (bicyclic) bond motifs is 2. The van der Waals surface area contributed by atoms with E-state index in [0.717, 1.165) is 23.2 Å². The summed E-state index contributed by atoms with van der Waals surface area (Å²) in [4.78, 5) is 0.298. The van der Waals surface area contributed by atoms with Crippen LogP contribution in [-0.4, -0.2) is 40.6 Å². The van der Waals surface area contributed by atoms with Gasteiger partial charge in [0.15, 0.2) is 10.6 Å². The molecule has 0 spiro atoms. The van der Waals surface area contributed by atoms with Crippen LogP contribution in [0, 0.1) is 22.5 Å². The third kappa shape index (κ3) is 3.59. The second-order valence-corrected chi connectivity index (χ2v) is 10.7. The molecule has 0 saturated heterocycles. The van der Waals surface area contributed by atoms with Crippen LogP contribution in [0.1, 0.15) is 52.5 Å². The van der Waals surface area contributed by atoms with Crippen molar-refractivity contribution in [3.63, 3.8) is 0 Å². The Bertz CT molecular complexity index is 1040. The largest absolute Gasteiger partial charge is 0.297 e. The second-order valence-electron chi connectivity index (χ2n) is 8.42. The second kappa shape index (κ2) is 7.96. The summed E-state index contributed by atoms with van der Waals surface area (Å²) in [6.07, 6.45) is 5.28. The Morgan fingerprint density at radius 3 is 2.66 bits per heavy atom. The van der Waals surface area contributed by atoms with E-state index in [-0.39, 0.29) is 6.04 Å². The molecule has 0 radical (unpaired) electrons. The molecule has 0 unspecified atom stereocenters. The lowest BCUT2D eigenvalue weighted by Gasteiger charge is -2.29. The van der Waals surface area contributed by atoms with Gasteiger partial charge in [-0.1, -0.05) is 32.4 Å². The summed E-state index contributed by atoms with van der Waals surface area (Å²) >= 11 is 5.57. The molecule has 8 heteroatoms. The van der Waals surface area contributed by atoms with Crippen molar-refractivity contribution in [2.24, 2.45) is 17.8 Å². The van der Waals surface area contributed by atoms with E-state index in [1.54, 1.807) is 18.2 Å². The average molecular weight is 435 g/mol. The molecule has 2 saturated carbocycles. The molecule has 0 aliphatic heterocycles. The molecule has 1 N–H and O–H groups in total. The number of nitrogens with zero attached hydrogens (tertiary/aromatic N) is 3. The van der Waals surface area contributed by atoms with Crippen LogP contribution < -0.4 is 0 Å². The SMILES string of the molecule is CCN(CC)S(=O)(=O)c1cccc(-c2n[nH]c(=S)n2[C@H](C)[C@@H]2C[C@H]3CC[C@@H]2C3)c1. The van der Waals surface area contributed by atoms with Gasteiger partial charge in [-0.15, -0.1) is 0 Å². The highest BCUT2D eigenvalue weighted by molar-refractivity contribution is 7.89.